The summed E-state index contributed by atoms with van der Waals surface area (Å²) in [6.07, 6.45) is 1.31. The topological polar surface area (TPSA) is 12.5 Å². The molecule has 3 atom stereocenters. The van der Waals surface area contributed by atoms with Crippen molar-refractivity contribution in [3.8, 4) is 0 Å². The molecule has 3 unspecified atom stereocenters. The molecule has 0 aliphatic carbocycles. The van der Waals surface area contributed by atoms with Gasteiger partial charge in [-0.15, -0.1) is 0 Å². The standard InChI is InChI=1S/C12H14F2O/c1-7(12-8(2)15-12)5-9-3-4-10(13)11(14)6-9/h3-4,6-8,12H,5H2,1-2H3. The van der Waals surface area contributed by atoms with Gasteiger partial charge in [0.1, 0.15) is 0 Å². The molecule has 82 valence electrons. The maximum atomic E-state index is 12.9. The minimum atomic E-state index is -0.789. The average Bonchev–Trinajstić information content (AvgIpc) is 2.89. The molecule has 1 aliphatic rings. The number of epoxide rings is 1. The summed E-state index contributed by atoms with van der Waals surface area (Å²) in [6, 6.07) is 4.06. The molecule has 1 heterocycles. The van der Waals surface area contributed by atoms with Gasteiger partial charge in [0.25, 0.3) is 0 Å². The average molecular weight is 212 g/mol. The Morgan fingerprint density at radius 1 is 1.33 bits per heavy atom. The summed E-state index contributed by atoms with van der Waals surface area (Å²) in [6.45, 7) is 4.09. The van der Waals surface area contributed by atoms with Gasteiger partial charge >= 0.3 is 0 Å². The summed E-state index contributed by atoms with van der Waals surface area (Å²) in [7, 11) is 0. The summed E-state index contributed by atoms with van der Waals surface area (Å²) in [5.74, 6) is -1.21. The molecule has 0 saturated carbocycles. The van der Waals surface area contributed by atoms with Crippen molar-refractivity contribution in [1.29, 1.82) is 0 Å². The molecule has 1 fully saturated rings. The van der Waals surface area contributed by atoms with E-state index in [1.165, 1.54) is 12.1 Å². The Labute approximate surface area is 88.1 Å². The van der Waals surface area contributed by atoms with E-state index in [-0.39, 0.29) is 6.10 Å². The Hall–Kier alpha value is -0.960. The van der Waals surface area contributed by atoms with Gasteiger partial charge in [-0.2, -0.15) is 0 Å². The molecule has 1 aromatic carbocycles. The van der Waals surface area contributed by atoms with E-state index in [0.717, 1.165) is 12.0 Å². The lowest BCUT2D eigenvalue weighted by Gasteiger charge is -2.08. The van der Waals surface area contributed by atoms with E-state index in [2.05, 4.69) is 6.92 Å². The fraction of sp³-hybridized carbons (Fsp3) is 0.500. The molecule has 1 aliphatic heterocycles. The monoisotopic (exact) mass is 212 g/mol. The van der Waals surface area contributed by atoms with Crippen LogP contribution in [0.25, 0.3) is 0 Å². The first-order valence-electron chi connectivity index (χ1n) is 5.17. The van der Waals surface area contributed by atoms with Gasteiger partial charge in [0, 0.05) is 0 Å². The maximum Gasteiger partial charge on any atom is 0.159 e. The maximum absolute atomic E-state index is 12.9. The van der Waals surface area contributed by atoms with Gasteiger partial charge in [-0.05, 0) is 37.0 Å². The Balaban J connectivity index is 2.01. The predicted octanol–water partition coefficient (Wildman–Crippen LogP) is 2.93. The van der Waals surface area contributed by atoms with E-state index in [1.54, 1.807) is 6.07 Å². The van der Waals surface area contributed by atoms with E-state index >= 15 is 0 Å². The minimum Gasteiger partial charge on any atom is -0.370 e. The number of rotatable bonds is 3. The SMILES string of the molecule is CC(Cc1ccc(F)c(F)c1)C1OC1C. The lowest BCUT2D eigenvalue weighted by molar-refractivity contribution is 0.328. The third-order valence-electron chi connectivity index (χ3n) is 2.86. The van der Waals surface area contributed by atoms with Gasteiger partial charge in [0.05, 0.1) is 12.2 Å². The molecule has 15 heavy (non-hydrogen) atoms. The highest BCUT2D eigenvalue weighted by atomic mass is 19.2. The molecule has 1 saturated heterocycles. The van der Waals surface area contributed by atoms with Crippen molar-refractivity contribution < 1.29 is 13.5 Å². The molecule has 0 bridgehead atoms. The van der Waals surface area contributed by atoms with Gasteiger partial charge in [-0.1, -0.05) is 13.0 Å². The molecule has 0 spiro atoms. The number of hydrogen-bond acceptors (Lipinski definition) is 1. The van der Waals surface area contributed by atoms with Crippen molar-refractivity contribution in [2.45, 2.75) is 32.5 Å². The first-order chi connectivity index (χ1) is 7.08. The zero-order valence-corrected chi connectivity index (χ0v) is 8.84. The van der Waals surface area contributed by atoms with Crippen LogP contribution in [0.5, 0.6) is 0 Å². The zero-order chi connectivity index (χ0) is 11.0. The van der Waals surface area contributed by atoms with Gasteiger partial charge < -0.3 is 4.74 Å². The summed E-state index contributed by atoms with van der Waals surface area (Å²) >= 11 is 0. The molecule has 3 heteroatoms. The molecule has 1 nitrogen and oxygen atoms in total. The third kappa shape index (κ3) is 2.34. The smallest absolute Gasteiger partial charge is 0.159 e. The highest BCUT2D eigenvalue weighted by molar-refractivity contribution is 5.18. The first-order valence-corrected chi connectivity index (χ1v) is 5.17. The Morgan fingerprint density at radius 3 is 2.53 bits per heavy atom. The molecule has 0 radical (unpaired) electrons. The number of benzene rings is 1. The second-order valence-electron chi connectivity index (χ2n) is 4.24. The van der Waals surface area contributed by atoms with Gasteiger partial charge in [0.2, 0.25) is 0 Å². The van der Waals surface area contributed by atoms with Crippen LogP contribution >= 0.6 is 0 Å². The van der Waals surface area contributed by atoms with Crippen LogP contribution in [0.1, 0.15) is 19.4 Å². The van der Waals surface area contributed by atoms with Crippen LogP contribution in [-0.2, 0) is 11.2 Å². The quantitative estimate of drug-likeness (QED) is 0.702. The number of halogens is 2. The fourth-order valence-electron chi connectivity index (χ4n) is 1.95. The lowest BCUT2D eigenvalue weighted by atomic mass is 9.97. The summed E-state index contributed by atoms with van der Waals surface area (Å²) in [5, 5.41) is 0. The molecular formula is C12H14F2O. The number of ether oxygens (including phenoxy) is 1. The highest BCUT2D eigenvalue weighted by Crippen LogP contribution is 2.30. The van der Waals surface area contributed by atoms with Crippen molar-refractivity contribution in [3.63, 3.8) is 0 Å². The Kier molecular flexibility index (Phi) is 2.74. The molecular weight excluding hydrogens is 198 g/mol. The minimum absolute atomic E-state index is 0.276. The van der Waals surface area contributed by atoms with Crippen LogP contribution < -0.4 is 0 Å². The largest absolute Gasteiger partial charge is 0.370 e. The van der Waals surface area contributed by atoms with E-state index in [0.29, 0.717) is 12.0 Å². The van der Waals surface area contributed by atoms with Crippen molar-refractivity contribution in [1.82, 2.24) is 0 Å². The van der Waals surface area contributed by atoms with Gasteiger partial charge in [-0.3, -0.25) is 0 Å². The van der Waals surface area contributed by atoms with Crippen LogP contribution in [0.2, 0.25) is 0 Å². The van der Waals surface area contributed by atoms with Crippen molar-refractivity contribution in [2.24, 2.45) is 5.92 Å². The second kappa shape index (κ2) is 3.89. The number of hydrogen-bond donors (Lipinski definition) is 0. The third-order valence-corrected chi connectivity index (χ3v) is 2.86. The fourth-order valence-corrected chi connectivity index (χ4v) is 1.95. The van der Waals surface area contributed by atoms with Gasteiger partial charge in [-0.25, -0.2) is 8.78 Å². The molecule has 0 amide bonds. The molecule has 0 aromatic heterocycles. The normalized spacial score (nSPS) is 26.4. The Morgan fingerprint density at radius 2 is 2.00 bits per heavy atom. The highest BCUT2D eigenvalue weighted by Gasteiger charge is 2.38. The van der Waals surface area contributed by atoms with Crippen molar-refractivity contribution >= 4 is 0 Å². The van der Waals surface area contributed by atoms with E-state index < -0.39 is 11.6 Å². The van der Waals surface area contributed by atoms with Crippen LogP contribution in [0.4, 0.5) is 8.78 Å². The summed E-state index contributed by atoms with van der Waals surface area (Å²) in [4.78, 5) is 0. The first kappa shape index (κ1) is 10.6. The predicted molar refractivity (Wildman–Crippen MR) is 53.6 cm³/mol. The zero-order valence-electron chi connectivity index (χ0n) is 8.84. The lowest BCUT2D eigenvalue weighted by Crippen LogP contribution is -2.09. The van der Waals surface area contributed by atoms with Crippen molar-refractivity contribution in [3.05, 3.63) is 35.4 Å². The van der Waals surface area contributed by atoms with Crippen LogP contribution in [0, 0.1) is 17.6 Å². The molecule has 0 N–H and O–H groups in total. The van der Waals surface area contributed by atoms with Crippen molar-refractivity contribution in [2.75, 3.05) is 0 Å². The van der Waals surface area contributed by atoms with E-state index in [9.17, 15) is 8.78 Å². The molecule has 1 aromatic rings. The Bertz CT molecular complexity index is 365. The van der Waals surface area contributed by atoms with E-state index in [4.69, 9.17) is 4.74 Å². The van der Waals surface area contributed by atoms with Gasteiger partial charge in [0.15, 0.2) is 11.6 Å². The summed E-state index contributed by atoms with van der Waals surface area (Å²) < 4.78 is 30.9. The van der Waals surface area contributed by atoms with E-state index in [1.807, 2.05) is 6.92 Å². The van der Waals surface area contributed by atoms with Crippen LogP contribution in [0.3, 0.4) is 0 Å². The molecule has 2 rings (SSSR count). The van der Waals surface area contributed by atoms with Crippen LogP contribution in [0.15, 0.2) is 18.2 Å². The van der Waals surface area contributed by atoms with Crippen LogP contribution in [-0.4, -0.2) is 12.2 Å². The second-order valence-corrected chi connectivity index (χ2v) is 4.24. The summed E-state index contributed by atoms with van der Waals surface area (Å²) in [5.41, 5.74) is 0.823.